The lowest BCUT2D eigenvalue weighted by Crippen LogP contribution is -2.13. The van der Waals surface area contributed by atoms with E-state index < -0.39 is 0 Å². The third-order valence-electron chi connectivity index (χ3n) is 3.37. The molecule has 1 aromatic carbocycles. The molecule has 3 rings (SSSR count). The van der Waals surface area contributed by atoms with E-state index in [1.807, 2.05) is 24.3 Å². The molecule has 0 amide bonds. The molecule has 1 saturated carbocycles. The molecule has 0 saturated heterocycles. The highest BCUT2D eigenvalue weighted by Gasteiger charge is 2.30. The minimum Gasteiger partial charge on any atom is -0.494 e. The maximum absolute atomic E-state index is 6.17. The second-order valence-corrected chi connectivity index (χ2v) is 5.16. The van der Waals surface area contributed by atoms with E-state index in [2.05, 4.69) is 17.1 Å². The number of hydrogen-bond donors (Lipinski definition) is 1. The van der Waals surface area contributed by atoms with Crippen molar-refractivity contribution in [2.75, 3.05) is 6.61 Å². The summed E-state index contributed by atoms with van der Waals surface area (Å²) in [5.74, 6) is 2.58. The van der Waals surface area contributed by atoms with Crippen LogP contribution in [0.1, 0.15) is 55.4 Å². The number of aromatic nitrogens is 2. The summed E-state index contributed by atoms with van der Waals surface area (Å²) in [6, 6.07) is 7.39. The van der Waals surface area contributed by atoms with Gasteiger partial charge in [-0.1, -0.05) is 24.2 Å². The third-order valence-corrected chi connectivity index (χ3v) is 3.37. The van der Waals surface area contributed by atoms with Crippen molar-refractivity contribution in [2.45, 2.75) is 38.1 Å². The standard InChI is InChI=1S/C15H19N3O2/c1-2-9-19-12-7-5-10(6-8-12)13(16)14-17-15(20-18-14)11-3-4-11/h5-8,11,13H,2-4,9,16H2,1H3. The summed E-state index contributed by atoms with van der Waals surface area (Å²) in [5, 5.41) is 3.98. The fourth-order valence-corrected chi connectivity index (χ4v) is 2.01. The highest BCUT2D eigenvalue weighted by atomic mass is 16.5. The molecule has 5 nitrogen and oxygen atoms in total. The molecule has 0 radical (unpaired) electrons. The van der Waals surface area contributed by atoms with Gasteiger partial charge >= 0.3 is 0 Å². The molecule has 1 atom stereocenters. The summed E-state index contributed by atoms with van der Waals surface area (Å²) in [6.45, 7) is 2.80. The zero-order valence-electron chi connectivity index (χ0n) is 11.6. The van der Waals surface area contributed by atoms with Gasteiger partial charge in [-0.05, 0) is 37.0 Å². The first-order chi connectivity index (χ1) is 9.78. The summed E-state index contributed by atoms with van der Waals surface area (Å²) < 4.78 is 10.8. The van der Waals surface area contributed by atoms with Crippen LogP contribution < -0.4 is 10.5 Å². The zero-order chi connectivity index (χ0) is 13.9. The SMILES string of the molecule is CCCOc1ccc(C(N)c2noc(C3CC3)n2)cc1. The predicted molar refractivity (Wildman–Crippen MR) is 74.5 cm³/mol. The van der Waals surface area contributed by atoms with Crippen LogP contribution >= 0.6 is 0 Å². The van der Waals surface area contributed by atoms with Crippen molar-refractivity contribution >= 4 is 0 Å². The van der Waals surface area contributed by atoms with Crippen LogP contribution in [-0.4, -0.2) is 16.7 Å². The smallest absolute Gasteiger partial charge is 0.229 e. The Kier molecular flexibility index (Phi) is 3.69. The Bertz CT molecular complexity index is 561. The molecule has 0 spiro atoms. The largest absolute Gasteiger partial charge is 0.494 e. The van der Waals surface area contributed by atoms with Crippen LogP contribution in [0.25, 0.3) is 0 Å². The molecule has 1 heterocycles. The monoisotopic (exact) mass is 273 g/mol. The van der Waals surface area contributed by atoms with E-state index in [1.54, 1.807) is 0 Å². The number of hydrogen-bond acceptors (Lipinski definition) is 5. The number of nitrogens with two attached hydrogens (primary N) is 1. The lowest BCUT2D eigenvalue weighted by atomic mass is 10.1. The first kappa shape index (κ1) is 13.1. The van der Waals surface area contributed by atoms with Gasteiger partial charge in [-0.2, -0.15) is 4.98 Å². The van der Waals surface area contributed by atoms with Crippen LogP contribution in [0.5, 0.6) is 5.75 Å². The van der Waals surface area contributed by atoms with Crippen LogP contribution in [0.15, 0.2) is 28.8 Å². The molecule has 0 bridgehead atoms. The van der Waals surface area contributed by atoms with E-state index in [9.17, 15) is 0 Å². The van der Waals surface area contributed by atoms with E-state index in [1.165, 1.54) is 0 Å². The Morgan fingerprint density at radius 1 is 1.35 bits per heavy atom. The van der Waals surface area contributed by atoms with Gasteiger partial charge in [0.2, 0.25) is 5.89 Å². The van der Waals surface area contributed by atoms with E-state index in [0.29, 0.717) is 11.7 Å². The molecule has 1 aromatic heterocycles. The van der Waals surface area contributed by atoms with Crippen LogP contribution in [0, 0.1) is 0 Å². The summed E-state index contributed by atoms with van der Waals surface area (Å²) in [7, 11) is 0. The van der Waals surface area contributed by atoms with Gasteiger partial charge in [-0.25, -0.2) is 0 Å². The molecular formula is C15H19N3O2. The molecule has 2 aromatic rings. The molecule has 1 aliphatic rings. The van der Waals surface area contributed by atoms with E-state index in [-0.39, 0.29) is 6.04 Å². The topological polar surface area (TPSA) is 74.2 Å². The van der Waals surface area contributed by atoms with Gasteiger partial charge in [0.25, 0.3) is 0 Å². The maximum Gasteiger partial charge on any atom is 0.229 e. The lowest BCUT2D eigenvalue weighted by Gasteiger charge is -2.09. The van der Waals surface area contributed by atoms with Gasteiger partial charge in [-0.15, -0.1) is 0 Å². The predicted octanol–water partition coefficient (Wildman–Crippen LogP) is 2.78. The number of ether oxygens (including phenoxy) is 1. The fourth-order valence-electron chi connectivity index (χ4n) is 2.01. The minimum absolute atomic E-state index is 0.355. The quantitative estimate of drug-likeness (QED) is 0.876. The van der Waals surface area contributed by atoms with Crippen molar-refractivity contribution < 1.29 is 9.26 Å². The molecule has 20 heavy (non-hydrogen) atoms. The first-order valence-electron chi connectivity index (χ1n) is 7.09. The van der Waals surface area contributed by atoms with E-state index in [0.717, 1.165) is 43.1 Å². The van der Waals surface area contributed by atoms with Gasteiger partial charge in [-0.3, -0.25) is 0 Å². The normalized spacial score (nSPS) is 16.1. The second kappa shape index (κ2) is 5.63. The van der Waals surface area contributed by atoms with Crippen LogP contribution in [0.3, 0.4) is 0 Å². The van der Waals surface area contributed by atoms with Gasteiger partial charge in [0.15, 0.2) is 5.82 Å². The summed E-state index contributed by atoms with van der Waals surface area (Å²) in [5.41, 5.74) is 7.13. The molecule has 5 heteroatoms. The molecule has 1 aliphatic carbocycles. The summed E-state index contributed by atoms with van der Waals surface area (Å²) >= 11 is 0. The maximum atomic E-state index is 6.17. The van der Waals surface area contributed by atoms with Crippen molar-refractivity contribution in [3.63, 3.8) is 0 Å². The Labute approximate surface area is 118 Å². The molecule has 106 valence electrons. The Hall–Kier alpha value is -1.88. The van der Waals surface area contributed by atoms with Crippen molar-refractivity contribution in [3.05, 3.63) is 41.5 Å². The first-order valence-corrected chi connectivity index (χ1v) is 7.09. The third kappa shape index (κ3) is 2.82. The van der Waals surface area contributed by atoms with Crippen LogP contribution in [0.2, 0.25) is 0 Å². The van der Waals surface area contributed by atoms with Crippen LogP contribution in [-0.2, 0) is 0 Å². The number of benzene rings is 1. The minimum atomic E-state index is -0.355. The van der Waals surface area contributed by atoms with Crippen LogP contribution in [0.4, 0.5) is 0 Å². The highest BCUT2D eigenvalue weighted by Crippen LogP contribution is 2.39. The number of nitrogens with zero attached hydrogens (tertiary/aromatic N) is 2. The Morgan fingerprint density at radius 2 is 2.10 bits per heavy atom. The molecule has 2 N–H and O–H groups in total. The fraction of sp³-hybridized carbons (Fsp3) is 0.467. The van der Waals surface area contributed by atoms with E-state index >= 15 is 0 Å². The molecule has 1 fully saturated rings. The second-order valence-electron chi connectivity index (χ2n) is 5.16. The van der Waals surface area contributed by atoms with Gasteiger partial charge < -0.3 is 15.0 Å². The Balaban J connectivity index is 1.70. The summed E-state index contributed by atoms with van der Waals surface area (Å²) in [4.78, 5) is 4.39. The zero-order valence-corrected chi connectivity index (χ0v) is 11.6. The van der Waals surface area contributed by atoms with Crippen molar-refractivity contribution in [1.82, 2.24) is 10.1 Å². The molecular weight excluding hydrogens is 254 g/mol. The number of rotatable bonds is 6. The van der Waals surface area contributed by atoms with Gasteiger partial charge in [0, 0.05) is 5.92 Å². The Morgan fingerprint density at radius 3 is 2.75 bits per heavy atom. The summed E-state index contributed by atoms with van der Waals surface area (Å²) in [6.07, 6.45) is 3.27. The van der Waals surface area contributed by atoms with E-state index in [4.69, 9.17) is 15.0 Å². The molecule has 0 aliphatic heterocycles. The molecule has 1 unspecified atom stereocenters. The lowest BCUT2D eigenvalue weighted by molar-refractivity contribution is 0.317. The van der Waals surface area contributed by atoms with Crippen molar-refractivity contribution in [2.24, 2.45) is 5.73 Å². The highest BCUT2D eigenvalue weighted by molar-refractivity contribution is 5.31. The average Bonchev–Trinajstić information content (AvgIpc) is 3.22. The average molecular weight is 273 g/mol. The van der Waals surface area contributed by atoms with Crippen molar-refractivity contribution in [3.8, 4) is 5.75 Å². The van der Waals surface area contributed by atoms with Gasteiger partial charge in [0.05, 0.1) is 12.6 Å². The van der Waals surface area contributed by atoms with Gasteiger partial charge in [0.1, 0.15) is 5.75 Å². The van der Waals surface area contributed by atoms with Crippen molar-refractivity contribution in [1.29, 1.82) is 0 Å².